The van der Waals surface area contributed by atoms with Crippen molar-refractivity contribution in [3.63, 3.8) is 0 Å². The Morgan fingerprint density at radius 3 is 2.37 bits per heavy atom. The summed E-state index contributed by atoms with van der Waals surface area (Å²) in [6, 6.07) is 10.9. The van der Waals surface area contributed by atoms with Gasteiger partial charge in [-0.2, -0.15) is 27.1 Å². The van der Waals surface area contributed by atoms with E-state index in [4.69, 9.17) is 12.2 Å². The molecule has 144 valence electrons. The van der Waals surface area contributed by atoms with Gasteiger partial charge < -0.3 is 5.32 Å². The molecule has 0 heterocycles. The predicted octanol–water partition coefficient (Wildman–Crippen LogP) is 5.73. The van der Waals surface area contributed by atoms with Gasteiger partial charge in [0, 0.05) is 10.6 Å². The average molecular weight is 419 g/mol. The second-order valence-corrected chi connectivity index (χ2v) is 6.72. The quantitative estimate of drug-likeness (QED) is 0.213. The fourth-order valence-electron chi connectivity index (χ4n) is 2.00. The van der Waals surface area contributed by atoms with Crippen molar-refractivity contribution in [1.82, 2.24) is 5.43 Å². The number of thioether (sulfide) groups is 1. The van der Waals surface area contributed by atoms with Crippen LogP contribution in [0.4, 0.5) is 27.6 Å². The van der Waals surface area contributed by atoms with Gasteiger partial charge in [-0.25, -0.2) is 0 Å². The first kappa shape index (κ1) is 21.1. The fourth-order valence-corrected chi connectivity index (χ4v) is 2.66. The van der Waals surface area contributed by atoms with E-state index in [0.29, 0.717) is 33.6 Å². The molecule has 2 aromatic rings. The maximum Gasteiger partial charge on any atom is 0.416 e. The molecule has 0 radical (unpaired) electrons. The van der Waals surface area contributed by atoms with Crippen LogP contribution < -0.4 is 10.7 Å². The number of anilines is 1. The lowest BCUT2D eigenvalue weighted by Gasteiger charge is -2.10. The maximum absolute atomic E-state index is 12.8. The molecule has 0 atom stereocenters. The Hall–Kier alpha value is -2.20. The van der Waals surface area contributed by atoms with Gasteiger partial charge in [0.15, 0.2) is 5.11 Å². The third-order valence-corrected chi connectivity index (χ3v) is 4.19. The van der Waals surface area contributed by atoms with Crippen LogP contribution in [0.5, 0.6) is 0 Å². The Labute approximate surface area is 162 Å². The lowest BCUT2D eigenvalue weighted by Crippen LogP contribution is -2.25. The molecule has 2 rings (SSSR count). The molecule has 2 N–H and O–H groups in total. The van der Waals surface area contributed by atoms with E-state index in [1.165, 1.54) is 24.3 Å². The number of nitrogens with zero attached hydrogens (tertiary/aromatic N) is 1. The van der Waals surface area contributed by atoms with Crippen LogP contribution in [-0.4, -0.2) is 16.6 Å². The lowest BCUT2D eigenvalue weighted by atomic mass is 10.1. The molecule has 0 aromatic heterocycles. The molecular weight excluding hydrogens is 405 g/mol. The van der Waals surface area contributed by atoms with E-state index in [9.17, 15) is 22.0 Å². The Morgan fingerprint density at radius 1 is 1.11 bits per heavy atom. The number of alkyl halides is 5. The number of nitrogens with one attached hydrogen (secondary N) is 2. The normalized spacial score (nSPS) is 12.2. The van der Waals surface area contributed by atoms with Crippen molar-refractivity contribution >= 4 is 40.5 Å². The highest BCUT2D eigenvalue weighted by Gasteiger charge is 2.30. The molecule has 0 fully saturated rings. The molecule has 3 nitrogen and oxygen atoms in total. The van der Waals surface area contributed by atoms with Gasteiger partial charge in [-0.3, -0.25) is 5.43 Å². The van der Waals surface area contributed by atoms with Crippen LogP contribution in [0.2, 0.25) is 0 Å². The van der Waals surface area contributed by atoms with Crippen LogP contribution >= 0.6 is 24.0 Å². The lowest BCUT2D eigenvalue weighted by molar-refractivity contribution is -0.137. The first-order chi connectivity index (χ1) is 12.6. The van der Waals surface area contributed by atoms with Gasteiger partial charge in [0.2, 0.25) is 0 Å². The first-order valence-corrected chi connectivity index (χ1v) is 8.78. The molecule has 0 aliphatic heterocycles. The molecule has 0 amide bonds. The molecule has 0 aliphatic rings. The van der Waals surface area contributed by atoms with Crippen molar-refractivity contribution in [3.05, 3.63) is 59.7 Å². The minimum Gasteiger partial charge on any atom is -0.331 e. The van der Waals surface area contributed by atoms with Crippen molar-refractivity contribution in [2.24, 2.45) is 5.10 Å². The Morgan fingerprint density at radius 2 is 1.78 bits per heavy atom. The number of thiocarbonyl (C=S) groups is 1. The number of hydrogen-bond acceptors (Lipinski definition) is 3. The predicted molar refractivity (Wildman–Crippen MR) is 101 cm³/mol. The van der Waals surface area contributed by atoms with Crippen LogP contribution in [0.15, 0.2) is 58.5 Å². The van der Waals surface area contributed by atoms with Crippen LogP contribution in [0.3, 0.4) is 0 Å². The standard InChI is InChI=1S/C17H14F5N3S2/c1-10(11-3-2-4-12(9-11)17(20,21)22)24-25-16(26)23-13-5-7-14(8-6-13)27-15(18)19/h2-9,15H,1H3,(H2,23,25,26)/b24-10-. The molecule has 27 heavy (non-hydrogen) atoms. The molecule has 0 saturated heterocycles. The van der Waals surface area contributed by atoms with E-state index in [1.807, 2.05) is 0 Å². The van der Waals surface area contributed by atoms with Crippen LogP contribution in [-0.2, 0) is 6.18 Å². The van der Waals surface area contributed by atoms with Crippen molar-refractivity contribution < 1.29 is 22.0 Å². The molecule has 10 heteroatoms. The maximum atomic E-state index is 12.8. The molecule has 0 bridgehead atoms. The smallest absolute Gasteiger partial charge is 0.331 e. The topological polar surface area (TPSA) is 36.4 Å². The monoisotopic (exact) mass is 419 g/mol. The summed E-state index contributed by atoms with van der Waals surface area (Å²) in [5.41, 5.74) is 2.94. The number of rotatable bonds is 5. The highest BCUT2D eigenvalue weighted by atomic mass is 32.2. The summed E-state index contributed by atoms with van der Waals surface area (Å²) in [4.78, 5) is 0.410. The number of hydrazone groups is 1. The zero-order valence-corrected chi connectivity index (χ0v) is 15.5. The Bertz CT molecular complexity index is 820. The third-order valence-electron chi connectivity index (χ3n) is 3.27. The number of benzene rings is 2. The SMILES string of the molecule is C/C(=N/NC(=S)Nc1ccc(SC(F)F)cc1)c1cccc(C(F)(F)F)c1. The summed E-state index contributed by atoms with van der Waals surface area (Å²) >= 11 is 5.49. The van der Waals surface area contributed by atoms with Crippen LogP contribution in [0.1, 0.15) is 18.1 Å². The van der Waals surface area contributed by atoms with Crippen molar-refractivity contribution in [3.8, 4) is 0 Å². The van der Waals surface area contributed by atoms with Gasteiger partial charge in [-0.1, -0.05) is 23.9 Å². The van der Waals surface area contributed by atoms with Crippen molar-refractivity contribution in [2.75, 3.05) is 5.32 Å². The van der Waals surface area contributed by atoms with E-state index in [0.717, 1.165) is 12.1 Å². The largest absolute Gasteiger partial charge is 0.416 e. The number of hydrogen-bond donors (Lipinski definition) is 2. The Balaban J connectivity index is 1.97. The molecule has 2 aromatic carbocycles. The van der Waals surface area contributed by atoms with Crippen molar-refractivity contribution in [1.29, 1.82) is 0 Å². The highest BCUT2D eigenvalue weighted by molar-refractivity contribution is 7.99. The van der Waals surface area contributed by atoms with Crippen LogP contribution in [0, 0.1) is 0 Å². The minimum absolute atomic E-state index is 0.107. The van der Waals surface area contributed by atoms with Gasteiger partial charge in [0.05, 0.1) is 11.3 Å². The second kappa shape index (κ2) is 9.14. The van der Waals surface area contributed by atoms with E-state index >= 15 is 0 Å². The van der Waals surface area contributed by atoms with E-state index in [2.05, 4.69) is 15.8 Å². The molecule has 0 saturated carbocycles. The zero-order chi connectivity index (χ0) is 20.0. The summed E-state index contributed by atoms with van der Waals surface area (Å²) in [5, 5.41) is 6.87. The summed E-state index contributed by atoms with van der Waals surface area (Å²) < 4.78 is 62.8. The van der Waals surface area contributed by atoms with Gasteiger partial charge in [0.25, 0.3) is 5.76 Å². The second-order valence-electron chi connectivity index (χ2n) is 5.24. The van der Waals surface area contributed by atoms with E-state index in [-0.39, 0.29) is 5.11 Å². The van der Waals surface area contributed by atoms with Crippen LogP contribution in [0.25, 0.3) is 0 Å². The highest BCUT2D eigenvalue weighted by Crippen LogP contribution is 2.29. The molecule has 0 unspecified atom stereocenters. The Kier molecular flexibility index (Phi) is 7.14. The summed E-state index contributed by atoms with van der Waals surface area (Å²) in [7, 11) is 0. The number of halogens is 5. The first-order valence-electron chi connectivity index (χ1n) is 7.49. The minimum atomic E-state index is -4.44. The third kappa shape index (κ3) is 6.79. The van der Waals surface area contributed by atoms with Gasteiger partial charge in [-0.15, -0.1) is 0 Å². The van der Waals surface area contributed by atoms with Crippen molar-refractivity contribution in [2.45, 2.75) is 23.8 Å². The summed E-state index contributed by atoms with van der Waals surface area (Å²) in [6.45, 7) is 1.54. The summed E-state index contributed by atoms with van der Waals surface area (Å²) in [6.07, 6.45) is -4.44. The molecule has 0 aliphatic carbocycles. The van der Waals surface area contributed by atoms with Gasteiger partial charge in [-0.05, 0) is 61.1 Å². The average Bonchev–Trinajstić information content (AvgIpc) is 2.60. The zero-order valence-electron chi connectivity index (χ0n) is 13.8. The molecule has 0 spiro atoms. The van der Waals surface area contributed by atoms with Gasteiger partial charge >= 0.3 is 6.18 Å². The fraction of sp³-hybridized carbons (Fsp3) is 0.176. The molecular formula is C17H14F5N3S2. The van der Waals surface area contributed by atoms with E-state index < -0.39 is 17.5 Å². The summed E-state index contributed by atoms with van der Waals surface area (Å²) in [5.74, 6) is -2.50. The van der Waals surface area contributed by atoms with Gasteiger partial charge in [0.1, 0.15) is 0 Å². The van der Waals surface area contributed by atoms with E-state index in [1.54, 1.807) is 19.1 Å².